The van der Waals surface area contributed by atoms with Crippen molar-refractivity contribution in [3.63, 3.8) is 0 Å². The molecule has 0 rings (SSSR count). The third kappa shape index (κ3) is 36.1. The number of hydrogen-bond donors (Lipinski definition) is 2. The van der Waals surface area contributed by atoms with Gasteiger partial charge in [-0.05, 0) is 6.92 Å². The molecule has 0 unspecified atom stereocenters. The summed E-state index contributed by atoms with van der Waals surface area (Å²) in [5.74, 6) is -2.12. The summed E-state index contributed by atoms with van der Waals surface area (Å²) in [6.07, 6.45) is 4.13. The summed E-state index contributed by atoms with van der Waals surface area (Å²) >= 11 is 0. The second kappa shape index (κ2) is 18.9. The van der Waals surface area contributed by atoms with E-state index in [1.807, 2.05) is 0 Å². The third-order valence-corrected chi connectivity index (χ3v) is 1.03. The Morgan fingerprint density at radius 1 is 1.20 bits per heavy atom. The van der Waals surface area contributed by atoms with Gasteiger partial charge in [-0.25, -0.2) is 9.59 Å². The average Bonchev–Trinajstić information content (AvgIpc) is 2.37. The van der Waals surface area contributed by atoms with E-state index in [0.717, 1.165) is 18.4 Å². The Labute approximate surface area is 117 Å². The van der Waals surface area contributed by atoms with Crippen LogP contribution in [0.4, 0.5) is 0 Å². The molecule has 0 heterocycles. The van der Waals surface area contributed by atoms with Crippen LogP contribution in [0.25, 0.3) is 0 Å². The number of carboxylic acids is 1. The van der Waals surface area contributed by atoms with Crippen molar-refractivity contribution < 1.29 is 34.1 Å². The summed E-state index contributed by atoms with van der Waals surface area (Å²) in [7, 11) is 0. The zero-order chi connectivity index (χ0) is 16.4. The van der Waals surface area contributed by atoms with Crippen LogP contribution in [0.15, 0.2) is 37.6 Å². The third-order valence-electron chi connectivity index (χ3n) is 1.03. The maximum atomic E-state index is 10.4. The summed E-state index contributed by atoms with van der Waals surface area (Å²) in [6.45, 7) is 9.69. The second-order valence-electron chi connectivity index (χ2n) is 2.67. The number of rotatable bonds is 5. The van der Waals surface area contributed by atoms with Crippen molar-refractivity contribution in [2.45, 2.75) is 13.8 Å². The van der Waals surface area contributed by atoms with Crippen LogP contribution in [-0.4, -0.2) is 41.3 Å². The van der Waals surface area contributed by atoms with E-state index in [1.165, 1.54) is 13.0 Å². The van der Waals surface area contributed by atoms with Crippen molar-refractivity contribution in [1.29, 1.82) is 0 Å². The number of carbonyl (C=O) groups excluding carboxylic acids is 2. The molecule has 0 aromatic rings. The first kappa shape index (κ1) is 22.7. The van der Waals surface area contributed by atoms with Gasteiger partial charge in [0.05, 0.1) is 19.5 Å². The van der Waals surface area contributed by atoms with Gasteiger partial charge in [-0.3, -0.25) is 4.79 Å². The minimum Gasteiger partial charge on any atom is -0.478 e. The number of hydrogen-bond acceptors (Lipinski definition) is 6. The van der Waals surface area contributed by atoms with Crippen LogP contribution < -0.4 is 0 Å². The standard InChI is InChI=1S/C6H8O4.C4H6O2.C3H6O/c1-2-10-6(9)4-3-5(7)8;1-3-6-4(2)5;1-2-3-4/h3-4H,2H2,1H3,(H,7,8);3H,1H2,2H3;2,4H,1,3H2/b4-3-;;. The maximum absolute atomic E-state index is 10.4. The van der Waals surface area contributed by atoms with E-state index in [1.54, 1.807) is 6.92 Å². The molecule has 0 spiro atoms. The Morgan fingerprint density at radius 3 is 1.90 bits per heavy atom. The van der Waals surface area contributed by atoms with E-state index >= 15 is 0 Å². The quantitative estimate of drug-likeness (QED) is 0.336. The van der Waals surface area contributed by atoms with Crippen LogP contribution in [0.2, 0.25) is 0 Å². The Bertz CT molecular complexity index is 332. The molecule has 0 aliphatic heterocycles. The lowest BCUT2D eigenvalue weighted by molar-refractivity contribution is -0.138. The van der Waals surface area contributed by atoms with E-state index in [4.69, 9.17) is 10.2 Å². The van der Waals surface area contributed by atoms with Gasteiger partial charge in [0, 0.05) is 19.1 Å². The molecular weight excluding hydrogens is 268 g/mol. The first-order valence-corrected chi connectivity index (χ1v) is 5.43. The minimum atomic E-state index is -1.16. The molecule has 0 aromatic carbocycles. The second-order valence-corrected chi connectivity index (χ2v) is 2.67. The maximum Gasteiger partial charge on any atom is 0.330 e. The SMILES string of the molecule is C=CCO.C=COC(C)=O.CCOC(=O)/C=C\C(=O)O. The molecular formula is C13H20O7. The highest BCUT2D eigenvalue weighted by Crippen LogP contribution is 1.80. The van der Waals surface area contributed by atoms with Crippen molar-refractivity contribution >= 4 is 17.9 Å². The van der Waals surface area contributed by atoms with E-state index in [9.17, 15) is 14.4 Å². The number of aliphatic hydroxyl groups is 1. The van der Waals surface area contributed by atoms with Gasteiger partial charge in [-0.1, -0.05) is 12.7 Å². The molecule has 0 atom stereocenters. The predicted octanol–water partition coefficient (Wildman–Crippen LogP) is 1.05. The molecule has 0 aliphatic rings. The number of carbonyl (C=O) groups is 3. The van der Waals surface area contributed by atoms with Crippen molar-refractivity contribution in [2.24, 2.45) is 0 Å². The summed E-state index contributed by atoms with van der Waals surface area (Å²) in [5, 5.41) is 15.8. The number of esters is 2. The molecule has 0 aliphatic carbocycles. The minimum absolute atomic E-state index is 0.0833. The molecule has 0 bridgehead atoms. The first-order valence-electron chi connectivity index (χ1n) is 5.43. The molecule has 7 heteroatoms. The van der Waals surface area contributed by atoms with Crippen LogP contribution >= 0.6 is 0 Å². The van der Waals surface area contributed by atoms with Crippen LogP contribution in [0.1, 0.15) is 13.8 Å². The van der Waals surface area contributed by atoms with Gasteiger partial charge >= 0.3 is 17.9 Å². The highest BCUT2D eigenvalue weighted by molar-refractivity contribution is 5.90. The molecule has 2 N–H and O–H groups in total. The highest BCUT2D eigenvalue weighted by Gasteiger charge is 1.94. The van der Waals surface area contributed by atoms with Crippen LogP contribution in [0, 0.1) is 0 Å². The van der Waals surface area contributed by atoms with E-state index in [0.29, 0.717) is 0 Å². The van der Waals surface area contributed by atoms with Crippen molar-refractivity contribution in [1.82, 2.24) is 0 Å². The molecule has 0 saturated carbocycles. The highest BCUT2D eigenvalue weighted by atomic mass is 16.5. The van der Waals surface area contributed by atoms with Gasteiger partial charge in [0.25, 0.3) is 0 Å². The zero-order valence-corrected chi connectivity index (χ0v) is 11.6. The van der Waals surface area contributed by atoms with Crippen molar-refractivity contribution in [3.05, 3.63) is 37.6 Å². The molecule has 114 valence electrons. The lowest BCUT2D eigenvalue weighted by Gasteiger charge is -1.92. The van der Waals surface area contributed by atoms with Gasteiger partial charge < -0.3 is 19.7 Å². The summed E-state index contributed by atoms with van der Waals surface area (Å²) < 4.78 is 8.57. The summed E-state index contributed by atoms with van der Waals surface area (Å²) in [5.41, 5.74) is 0. The average molecular weight is 288 g/mol. The fourth-order valence-electron chi connectivity index (χ4n) is 0.447. The van der Waals surface area contributed by atoms with Crippen LogP contribution in [0.3, 0.4) is 0 Å². The predicted molar refractivity (Wildman–Crippen MR) is 72.7 cm³/mol. The first-order chi connectivity index (χ1) is 9.35. The lowest BCUT2D eigenvalue weighted by atomic mass is 10.5. The monoisotopic (exact) mass is 288 g/mol. The van der Waals surface area contributed by atoms with E-state index in [2.05, 4.69) is 22.6 Å². The molecule has 0 saturated heterocycles. The van der Waals surface area contributed by atoms with Gasteiger partial charge in [0.2, 0.25) is 0 Å². The van der Waals surface area contributed by atoms with Crippen molar-refractivity contribution in [3.8, 4) is 0 Å². The smallest absolute Gasteiger partial charge is 0.330 e. The van der Waals surface area contributed by atoms with E-state index < -0.39 is 11.9 Å². The molecule has 0 aromatic heterocycles. The Morgan fingerprint density at radius 2 is 1.70 bits per heavy atom. The number of aliphatic hydroxyl groups excluding tert-OH is 1. The van der Waals surface area contributed by atoms with Crippen molar-refractivity contribution in [2.75, 3.05) is 13.2 Å². The van der Waals surface area contributed by atoms with Gasteiger partial charge in [-0.15, -0.1) is 6.58 Å². The number of ether oxygens (including phenoxy) is 2. The fourth-order valence-corrected chi connectivity index (χ4v) is 0.447. The number of aliphatic carboxylic acids is 1. The Balaban J connectivity index is -0.000000246. The molecule has 20 heavy (non-hydrogen) atoms. The molecule has 0 radical (unpaired) electrons. The van der Waals surface area contributed by atoms with E-state index in [-0.39, 0.29) is 19.2 Å². The van der Waals surface area contributed by atoms with Gasteiger partial charge in [-0.2, -0.15) is 0 Å². The van der Waals surface area contributed by atoms with Gasteiger partial charge in [0.15, 0.2) is 0 Å². The largest absolute Gasteiger partial charge is 0.478 e. The topological polar surface area (TPSA) is 110 Å². The Kier molecular flexibility index (Phi) is 21.5. The lowest BCUT2D eigenvalue weighted by Crippen LogP contribution is -2.00. The molecule has 0 amide bonds. The molecule has 0 fully saturated rings. The van der Waals surface area contributed by atoms with Crippen LogP contribution in [0.5, 0.6) is 0 Å². The summed E-state index contributed by atoms with van der Waals surface area (Å²) in [6, 6.07) is 0. The van der Waals surface area contributed by atoms with Crippen LogP contribution in [-0.2, 0) is 23.9 Å². The zero-order valence-electron chi connectivity index (χ0n) is 11.6. The normalized spacial score (nSPS) is 8.15. The summed E-state index contributed by atoms with van der Waals surface area (Å²) in [4.78, 5) is 29.9. The van der Waals surface area contributed by atoms with Gasteiger partial charge in [0.1, 0.15) is 0 Å². The fraction of sp³-hybridized carbons (Fsp3) is 0.308. The Hall–Kier alpha value is -2.41. The number of carboxylic acid groups (broad SMARTS) is 1. The molecule has 7 nitrogen and oxygen atoms in total.